The van der Waals surface area contributed by atoms with Crippen LogP contribution in [0.25, 0.3) is 0 Å². The number of carbonyl (C=O) groups excluding carboxylic acids is 13. The molecule has 0 aliphatic carbocycles. The number of rotatable bonds is 38. The number of aliphatic carboxylic acids is 1. The van der Waals surface area contributed by atoms with Gasteiger partial charge in [0.15, 0.2) is 6.61 Å². The number of urea groups is 7. The number of amides is 20. The van der Waals surface area contributed by atoms with E-state index in [1.807, 2.05) is 10.2 Å². The first-order valence-corrected chi connectivity index (χ1v) is 51.7. The second-order valence-corrected chi connectivity index (χ2v) is 40.4. The van der Waals surface area contributed by atoms with Gasteiger partial charge in [-0.3, -0.25) is 85.1 Å². The van der Waals surface area contributed by atoms with Gasteiger partial charge in [0, 0.05) is 52.4 Å². The molecular weight excluding hydrogens is 2070 g/mol. The number of carboxylic acid groups (broad SMARTS) is 1. The standard InChI is InChI=1S/C14H24N4O8S.C11H19N3O7S.C10H17N5O8S.C10H17N3O7S.C9H17N5O9S2.C9H13N3O9S/c19-13(16-25-8-7-24-11-3-5-15-6-4-11)12-2-1-10-9-17(12)14(20)18(10)26-27(21,22)23;1-11(2,3)20-12-9(15)8-5-4-7-6-13(8)10(16)14(7)21-22(17,18)19;11-9(17)12-3-4-22-13-8(16)7-2-1-6-5-14(7)10(18)15(6)23-24(19,20)21;1-6(2)19-11-9(14)8-4-3-7-5-12(8)10(15)13(7)20-21(16,17)18;10-24(17,18)11-3-4-22-12-8(15)7-2-1-6-5-13(7)9(16)14(6)23-25(19,20)21;13-7(14)4-20-10-8(15)6-2-1-5-3-11(6)9(16)12(5)21-22(17,18)19/h10-12,15H,1-9H2,(H,16,19)(H,21,22,23);7-8H,4-6H2,1-3H3,(H,12,15)(H,17,18,19);6-7H,1-5H2,(H,13,16)(H3,11,12,17)(H,19,20,21);6-8H,3-5H2,1-2H3,(H,11,14)(H,16,17,18);6-7,11H,1-5H2,(H,12,15)(H2,10,17,18)(H,19,20,21);5-6H,1-4H2,(H,10,15)(H,13,14)(H,17,18,19)/t10-,12+;7-,8+;6-,7+;7-,8+;6-,7+;5-,6+/m111111/s1. The fraction of sp³-hybridized carbons (Fsp3) is 0.778. The molecule has 804 valence electrons. The van der Waals surface area contributed by atoms with E-state index in [2.05, 4.69) is 68.6 Å². The minimum Gasteiger partial charge on any atom is -0.479 e. The maximum atomic E-state index is 12.3. The van der Waals surface area contributed by atoms with Crippen LogP contribution in [0.5, 0.6) is 0 Å². The number of nitrogens with zero attached hydrogens (tertiary/aromatic N) is 12. The van der Waals surface area contributed by atoms with Crippen molar-refractivity contribution in [3.05, 3.63) is 0 Å². The van der Waals surface area contributed by atoms with Crippen LogP contribution in [-0.2, 0) is 166 Å². The zero-order chi connectivity index (χ0) is 105. The molecule has 13 fully saturated rings. The number of hydrogen-bond acceptors (Lipinski definition) is 42. The summed E-state index contributed by atoms with van der Waals surface area (Å²) in [5.74, 6) is -4.77. The summed E-state index contributed by atoms with van der Waals surface area (Å²) in [7, 11) is -32.8. The van der Waals surface area contributed by atoms with Gasteiger partial charge < -0.3 is 55.6 Å². The Labute approximate surface area is 802 Å². The van der Waals surface area contributed by atoms with E-state index in [-0.39, 0.29) is 116 Å². The zero-order valence-corrected chi connectivity index (χ0v) is 80.6. The van der Waals surface area contributed by atoms with Gasteiger partial charge in [-0.15, -0.1) is 25.7 Å². The number of fused-ring (bicyclic) bond motifs is 12. The van der Waals surface area contributed by atoms with Crippen LogP contribution in [0, 0.1) is 0 Å². The maximum Gasteiger partial charge on any atom is 0.418 e. The topological polar surface area (TPSA) is 939 Å². The van der Waals surface area contributed by atoms with Gasteiger partial charge in [-0.2, -0.15) is 89.3 Å². The molecule has 13 aliphatic rings. The van der Waals surface area contributed by atoms with Gasteiger partial charge in [0.1, 0.15) is 36.3 Å². The number of hydroxylamine groups is 18. The minimum absolute atomic E-state index is 0.0318. The Bertz CT molecular complexity index is 5390. The summed E-state index contributed by atoms with van der Waals surface area (Å²) in [6.45, 7) is 10.6. The van der Waals surface area contributed by atoms with Crippen LogP contribution in [0.1, 0.15) is 125 Å². The van der Waals surface area contributed by atoms with Crippen molar-refractivity contribution in [2.45, 2.75) is 215 Å². The van der Waals surface area contributed by atoms with Crippen LogP contribution in [-0.4, -0.2) is 424 Å². The molecule has 0 unspecified atom stereocenters. The van der Waals surface area contributed by atoms with E-state index in [9.17, 15) is 126 Å². The van der Waals surface area contributed by atoms with E-state index >= 15 is 0 Å². The number of carboxylic acids is 1. The fourth-order valence-electron chi connectivity index (χ4n) is 15.6. The van der Waals surface area contributed by atoms with Crippen LogP contribution < -0.4 is 59.1 Å². The second-order valence-electron chi connectivity index (χ2n) is 33.0. The highest BCUT2D eigenvalue weighted by Crippen LogP contribution is 2.37. The monoisotopic (exact) mass is 2180 g/mol. The molecule has 12 atom stereocenters. The van der Waals surface area contributed by atoms with Crippen molar-refractivity contribution in [1.82, 2.24) is 108 Å². The Morgan fingerprint density at radius 2 is 0.631 bits per heavy atom. The summed E-state index contributed by atoms with van der Waals surface area (Å²) in [5, 5.41) is 21.9. The first kappa shape index (κ1) is 116. The average Bonchev–Trinajstić information content (AvgIpc) is 1.65. The Hall–Kier alpha value is -10.0. The average molecular weight is 2180 g/mol. The molecule has 20 amide bonds. The van der Waals surface area contributed by atoms with E-state index in [0.717, 1.165) is 40.6 Å². The third kappa shape index (κ3) is 35.7. The highest BCUT2D eigenvalue weighted by atomic mass is 32.3. The van der Waals surface area contributed by atoms with Crippen LogP contribution in [0.2, 0.25) is 0 Å². The predicted molar refractivity (Wildman–Crippen MR) is 448 cm³/mol. The van der Waals surface area contributed by atoms with Crippen LogP contribution in [0.15, 0.2) is 0 Å². The van der Waals surface area contributed by atoms with Crippen LogP contribution in [0.3, 0.4) is 0 Å². The third-order valence-electron chi connectivity index (χ3n) is 21.4. The largest absolute Gasteiger partial charge is 0.479 e. The van der Waals surface area contributed by atoms with E-state index in [0.29, 0.717) is 81.9 Å². The molecule has 13 aliphatic heterocycles. The van der Waals surface area contributed by atoms with E-state index in [4.69, 9.17) is 72.2 Å². The van der Waals surface area contributed by atoms with Crippen molar-refractivity contribution in [3.8, 4) is 0 Å². The molecule has 71 nitrogen and oxygen atoms in total. The summed E-state index contributed by atoms with van der Waals surface area (Å²) in [6, 6.07) is -14.2. The number of nitrogens with one attached hydrogen (secondary N) is 9. The van der Waals surface area contributed by atoms with E-state index < -0.39 is 241 Å². The van der Waals surface area contributed by atoms with Gasteiger partial charge in [-0.05, 0) is 138 Å². The van der Waals surface area contributed by atoms with E-state index in [1.54, 1.807) is 34.6 Å². The van der Waals surface area contributed by atoms with Crippen molar-refractivity contribution in [2.75, 3.05) is 98.5 Å². The molecule has 0 spiro atoms. The lowest BCUT2D eigenvalue weighted by atomic mass is 10.0. The first-order valence-electron chi connectivity index (χ1n) is 41.9. The SMILES string of the molecule is CC(C)(C)ONC(=O)[C@@H]1CC[C@@H]2CN1C(=O)N2OS(=O)(=O)O.CC(C)ONC(=O)[C@@H]1CC[C@@H]2CN1C(=O)N2OS(=O)(=O)O.NC(=O)NCCONC(=O)[C@@H]1CC[C@@H]2CN1C(=O)N2OS(=O)(=O)O.NS(=O)(=O)NCCONC(=O)[C@@H]1CC[C@@H]2CN1C(=O)N2OS(=O)(=O)O.O=C(NOCCOC1CCNCC1)[C@@H]1CC[C@@H]2CN1C(=O)N2OS(=O)(=O)O.O=C(O)CONC(=O)[C@@H]1CC[C@@H]2CN1C(=O)N2OS(=O)(=O)O. The molecule has 13 heterocycles. The van der Waals surface area contributed by atoms with Crippen molar-refractivity contribution < 1.29 is 218 Å². The third-order valence-corrected chi connectivity index (χ3v) is 24.1. The normalized spacial score (nSPS) is 24.9. The highest BCUT2D eigenvalue weighted by molar-refractivity contribution is 7.87. The molecule has 12 bridgehead atoms. The lowest BCUT2D eigenvalue weighted by Crippen LogP contribution is -2.51. The van der Waals surface area contributed by atoms with Crippen LogP contribution >= 0.6 is 0 Å². The fourth-order valence-corrected chi connectivity index (χ4v) is 18.3. The van der Waals surface area contributed by atoms with Gasteiger partial charge >= 0.3 is 111 Å². The molecule has 13 rings (SSSR count). The molecule has 0 aromatic rings. The summed E-state index contributed by atoms with van der Waals surface area (Å²) in [4.78, 5) is 202. The van der Waals surface area contributed by atoms with Crippen molar-refractivity contribution in [3.63, 3.8) is 0 Å². The number of primary amides is 1. The molecule has 78 heteroatoms. The summed E-state index contributed by atoms with van der Waals surface area (Å²) in [5.41, 5.74) is 17.3. The van der Waals surface area contributed by atoms with Crippen LogP contribution in [0.4, 0.5) is 33.6 Å². The van der Waals surface area contributed by atoms with Gasteiger partial charge in [0.2, 0.25) is 0 Å². The highest BCUT2D eigenvalue weighted by Gasteiger charge is 2.56. The molecule has 0 aromatic carbocycles. The molecule has 20 N–H and O–H groups in total. The van der Waals surface area contributed by atoms with Crippen molar-refractivity contribution in [1.29, 1.82) is 0 Å². The van der Waals surface area contributed by atoms with Gasteiger partial charge in [0.25, 0.3) is 45.7 Å². The van der Waals surface area contributed by atoms with Gasteiger partial charge in [-0.25, -0.2) is 81.1 Å². The maximum absolute atomic E-state index is 12.3. The van der Waals surface area contributed by atoms with Crippen molar-refractivity contribution >= 4 is 156 Å². The molecule has 0 saturated carbocycles. The quantitative estimate of drug-likeness (QED) is 0.0155. The predicted octanol–water partition coefficient (Wildman–Crippen LogP) is -9.26. The summed E-state index contributed by atoms with van der Waals surface area (Å²) >= 11 is 0. The lowest BCUT2D eigenvalue weighted by molar-refractivity contribution is -0.151. The minimum atomic E-state index is -4.86. The number of ether oxygens (including phenoxy) is 1. The first-order chi connectivity index (χ1) is 65.4. The lowest BCUT2D eigenvalue weighted by Gasteiger charge is -2.30. The molecule has 141 heavy (non-hydrogen) atoms. The molecular formula is C63H107N23O48S7. The van der Waals surface area contributed by atoms with Gasteiger partial charge in [0.05, 0.1) is 80.5 Å². The molecule has 0 aromatic heterocycles. The van der Waals surface area contributed by atoms with E-state index in [1.165, 1.54) is 14.7 Å². The number of carbonyl (C=O) groups is 14. The summed E-state index contributed by atoms with van der Waals surface area (Å²) < 4.78 is 236. The van der Waals surface area contributed by atoms with Crippen molar-refractivity contribution in [2.24, 2.45) is 10.9 Å². The Kier molecular flexibility index (Phi) is 40.8. The second kappa shape index (κ2) is 49.5. The number of hydrogen-bond donors (Lipinski definition) is 18. The Balaban J connectivity index is 0.000000208. The smallest absolute Gasteiger partial charge is 0.418 e. The van der Waals surface area contributed by atoms with Gasteiger partial charge in [-0.1, -0.05) is 0 Å². The number of piperidine rings is 7. The molecule has 0 radical (unpaired) electrons. The summed E-state index contributed by atoms with van der Waals surface area (Å²) in [6.07, 6.45) is 5.46. The zero-order valence-electron chi connectivity index (χ0n) is 74.8. The Morgan fingerprint density at radius 3 is 0.879 bits per heavy atom. The number of nitrogens with two attached hydrogens (primary N) is 2. The Morgan fingerprint density at radius 1 is 0.376 bits per heavy atom. The molecule has 13 saturated heterocycles.